The van der Waals surface area contributed by atoms with Crippen LogP contribution in [0.25, 0.3) is 0 Å². The number of Topliss-reactive ketones (excluding diaryl/α,β-unsaturated/α-hetero) is 1. The molecule has 0 amide bonds. The van der Waals surface area contributed by atoms with Crippen molar-refractivity contribution in [1.82, 2.24) is 4.90 Å². The van der Waals surface area contributed by atoms with Crippen molar-refractivity contribution in [2.75, 3.05) is 6.26 Å². The summed E-state index contributed by atoms with van der Waals surface area (Å²) in [6.07, 6.45) is 2.28. The highest BCUT2D eigenvalue weighted by Crippen LogP contribution is 2.36. The van der Waals surface area contributed by atoms with Crippen molar-refractivity contribution >= 4 is 27.0 Å². The van der Waals surface area contributed by atoms with Crippen LogP contribution in [0, 0.1) is 17.1 Å². The van der Waals surface area contributed by atoms with Gasteiger partial charge in [-0.2, -0.15) is 5.26 Å². The van der Waals surface area contributed by atoms with Gasteiger partial charge in [-0.3, -0.25) is 9.69 Å². The van der Waals surface area contributed by atoms with E-state index < -0.39 is 9.84 Å². The SMILES string of the molecule is CC1Cc2sc(CC(=O)Cc3ccc(S(C)(=O)=O)cc3)c(C#N)c2CN1Cc1cccc(F)c1. The van der Waals surface area contributed by atoms with Gasteiger partial charge in [-0.05, 0) is 54.3 Å². The predicted molar refractivity (Wildman–Crippen MR) is 130 cm³/mol. The van der Waals surface area contributed by atoms with Crippen molar-refractivity contribution in [3.05, 3.63) is 86.4 Å². The molecule has 0 radical (unpaired) electrons. The number of carbonyl (C=O) groups is 1. The first-order valence-electron chi connectivity index (χ1n) is 11.0. The number of fused-ring (bicyclic) bond motifs is 1. The number of nitrogens with zero attached hydrogens (tertiary/aromatic N) is 2. The maximum absolute atomic E-state index is 13.6. The standard InChI is InChI=1S/C26H25FN2O3S2/c1-17-10-25-24(16-29(17)15-19-4-3-5-20(27)11-19)23(14-28)26(33-25)13-21(30)12-18-6-8-22(9-7-18)34(2,31)32/h3-9,11,17H,10,12-13,15-16H2,1-2H3. The molecular weight excluding hydrogens is 471 g/mol. The molecule has 1 atom stereocenters. The van der Waals surface area contributed by atoms with Crippen molar-refractivity contribution in [3.8, 4) is 6.07 Å². The van der Waals surface area contributed by atoms with Crippen molar-refractivity contribution in [2.45, 2.75) is 50.2 Å². The quantitative estimate of drug-likeness (QED) is 0.483. The Bertz CT molecular complexity index is 1370. The minimum absolute atomic E-state index is 0.0214. The van der Waals surface area contributed by atoms with Gasteiger partial charge in [0.05, 0.1) is 10.5 Å². The zero-order valence-corrected chi connectivity index (χ0v) is 20.7. The highest BCUT2D eigenvalue weighted by molar-refractivity contribution is 7.90. The largest absolute Gasteiger partial charge is 0.299 e. The van der Waals surface area contributed by atoms with E-state index in [0.29, 0.717) is 18.7 Å². The van der Waals surface area contributed by atoms with Gasteiger partial charge in [0.25, 0.3) is 0 Å². The smallest absolute Gasteiger partial charge is 0.175 e. The Morgan fingerprint density at radius 3 is 2.56 bits per heavy atom. The summed E-state index contributed by atoms with van der Waals surface area (Å²) in [5, 5.41) is 9.87. The predicted octanol–water partition coefficient (Wildman–Crippen LogP) is 4.46. The number of hydrogen-bond donors (Lipinski definition) is 0. The van der Waals surface area contributed by atoms with Crippen molar-refractivity contribution in [1.29, 1.82) is 5.26 Å². The molecule has 5 nitrogen and oxygen atoms in total. The molecule has 0 bridgehead atoms. The van der Waals surface area contributed by atoms with Crippen LogP contribution in [0.2, 0.25) is 0 Å². The average Bonchev–Trinajstić information content (AvgIpc) is 3.09. The Morgan fingerprint density at radius 1 is 1.18 bits per heavy atom. The fraction of sp³-hybridized carbons (Fsp3) is 0.308. The van der Waals surface area contributed by atoms with E-state index in [1.54, 1.807) is 18.2 Å². The molecule has 0 aliphatic carbocycles. The van der Waals surface area contributed by atoms with E-state index in [0.717, 1.165) is 39.1 Å². The molecule has 2 aromatic carbocycles. The molecule has 34 heavy (non-hydrogen) atoms. The summed E-state index contributed by atoms with van der Waals surface area (Å²) in [4.78, 5) is 17.2. The molecule has 176 valence electrons. The van der Waals surface area contributed by atoms with E-state index in [-0.39, 0.29) is 35.4 Å². The third-order valence-corrected chi connectivity index (χ3v) is 8.51. The summed E-state index contributed by atoms with van der Waals surface area (Å²) < 4.78 is 36.9. The van der Waals surface area contributed by atoms with Crippen LogP contribution in [-0.4, -0.2) is 31.4 Å². The summed E-state index contributed by atoms with van der Waals surface area (Å²) in [6.45, 7) is 3.31. The monoisotopic (exact) mass is 496 g/mol. The molecule has 4 rings (SSSR count). The van der Waals surface area contributed by atoms with Crippen LogP contribution in [0.3, 0.4) is 0 Å². The second kappa shape index (κ2) is 9.79. The maximum Gasteiger partial charge on any atom is 0.175 e. The third-order valence-electron chi connectivity index (χ3n) is 6.13. The van der Waals surface area contributed by atoms with Gasteiger partial charge in [0.2, 0.25) is 0 Å². The van der Waals surface area contributed by atoms with Crippen molar-refractivity contribution < 1.29 is 17.6 Å². The normalized spacial score (nSPS) is 16.1. The fourth-order valence-corrected chi connectivity index (χ4v) is 6.36. The van der Waals surface area contributed by atoms with E-state index in [2.05, 4.69) is 17.9 Å². The Balaban J connectivity index is 1.48. The van der Waals surface area contributed by atoms with Gasteiger partial charge in [-0.25, -0.2) is 12.8 Å². The summed E-state index contributed by atoms with van der Waals surface area (Å²) in [5.74, 6) is -0.283. The van der Waals surface area contributed by atoms with Crippen molar-refractivity contribution in [2.24, 2.45) is 0 Å². The van der Waals surface area contributed by atoms with Crippen LogP contribution in [0.5, 0.6) is 0 Å². The lowest BCUT2D eigenvalue weighted by atomic mass is 9.97. The van der Waals surface area contributed by atoms with Crippen molar-refractivity contribution in [3.63, 3.8) is 0 Å². The summed E-state index contributed by atoms with van der Waals surface area (Å²) in [7, 11) is -3.28. The zero-order valence-electron chi connectivity index (χ0n) is 19.0. The fourth-order valence-electron chi connectivity index (χ4n) is 4.32. The highest BCUT2D eigenvalue weighted by atomic mass is 32.2. The minimum atomic E-state index is -3.28. The second-order valence-electron chi connectivity index (χ2n) is 8.81. The molecule has 1 aliphatic rings. The molecule has 0 saturated heterocycles. The number of hydrogen-bond acceptors (Lipinski definition) is 6. The average molecular weight is 497 g/mol. The maximum atomic E-state index is 13.6. The molecular formula is C26H25FN2O3S2. The number of carbonyl (C=O) groups excluding carboxylic acids is 1. The van der Waals surface area contributed by atoms with Gasteiger partial charge >= 0.3 is 0 Å². The van der Waals surface area contributed by atoms with E-state index in [9.17, 15) is 22.9 Å². The Labute approximate surface area is 203 Å². The number of halogens is 1. The first kappa shape index (κ1) is 24.3. The lowest BCUT2D eigenvalue weighted by molar-refractivity contribution is -0.117. The lowest BCUT2D eigenvalue weighted by Crippen LogP contribution is -2.37. The van der Waals surface area contributed by atoms with Gasteiger partial charge < -0.3 is 0 Å². The lowest BCUT2D eigenvalue weighted by Gasteiger charge is -2.33. The number of ketones is 1. The van der Waals surface area contributed by atoms with E-state index in [1.807, 2.05) is 6.07 Å². The molecule has 0 saturated carbocycles. The van der Waals surface area contributed by atoms with E-state index in [4.69, 9.17) is 0 Å². The van der Waals surface area contributed by atoms with E-state index >= 15 is 0 Å². The summed E-state index contributed by atoms with van der Waals surface area (Å²) in [5.41, 5.74) is 3.19. The molecule has 3 aromatic rings. The molecule has 1 aromatic heterocycles. The molecule has 2 heterocycles. The van der Waals surface area contributed by atoms with Crippen LogP contribution < -0.4 is 0 Å². The topological polar surface area (TPSA) is 78.2 Å². The molecule has 0 fully saturated rings. The van der Waals surface area contributed by atoms with Crippen LogP contribution in [-0.2, 0) is 47.0 Å². The number of benzene rings is 2. The molecule has 1 unspecified atom stereocenters. The molecule has 1 aliphatic heterocycles. The van der Waals surface area contributed by atoms with Crippen LogP contribution in [0.15, 0.2) is 53.4 Å². The van der Waals surface area contributed by atoms with Gasteiger partial charge in [0.15, 0.2) is 9.84 Å². The third kappa shape index (κ3) is 5.44. The van der Waals surface area contributed by atoms with Gasteiger partial charge in [-0.1, -0.05) is 24.3 Å². The summed E-state index contributed by atoms with van der Waals surface area (Å²) >= 11 is 1.54. The van der Waals surface area contributed by atoms with Crippen LogP contribution >= 0.6 is 11.3 Å². The molecule has 8 heteroatoms. The molecule has 0 spiro atoms. The van der Waals surface area contributed by atoms with Gasteiger partial charge in [0.1, 0.15) is 17.7 Å². The Kier molecular flexibility index (Phi) is 6.99. The van der Waals surface area contributed by atoms with Crippen LogP contribution in [0.4, 0.5) is 4.39 Å². The van der Waals surface area contributed by atoms with Crippen LogP contribution in [0.1, 0.15) is 38.9 Å². The first-order chi connectivity index (χ1) is 16.1. The highest BCUT2D eigenvalue weighted by Gasteiger charge is 2.29. The number of rotatable bonds is 7. The first-order valence-corrected chi connectivity index (χ1v) is 13.7. The zero-order chi connectivity index (χ0) is 24.5. The second-order valence-corrected chi connectivity index (χ2v) is 12.0. The number of nitriles is 1. The number of thiophene rings is 1. The Morgan fingerprint density at radius 2 is 1.91 bits per heavy atom. The number of sulfone groups is 1. The van der Waals surface area contributed by atoms with Gasteiger partial charge in [-0.15, -0.1) is 11.3 Å². The minimum Gasteiger partial charge on any atom is -0.299 e. The Hall–Kier alpha value is -2.86. The van der Waals surface area contributed by atoms with Gasteiger partial charge in [0, 0.05) is 48.0 Å². The summed E-state index contributed by atoms with van der Waals surface area (Å²) in [6, 6.07) is 15.4. The molecule has 0 N–H and O–H groups in total. The van der Waals surface area contributed by atoms with E-state index in [1.165, 1.54) is 35.6 Å².